The first-order chi connectivity index (χ1) is 5.27. The van der Waals surface area contributed by atoms with E-state index in [2.05, 4.69) is 27.6 Å². The van der Waals surface area contributed by atoms with Crippen LogP contribution in [0.15, 0.2) is 24.7 Å². The molecule has 0 aliphatic carbocycles. The summed E-state index contributed by atoms with van der Waals surface area (Å²) in [5.74, 6) is 0. The second kappa shape index (κ2) is 2.64. The summed E-state index contributed by atoms with van der Waals surface area (Å²) in [6.45, 7) is 0. The molecule has 0 amide bonds. The van der Waals surface area contributed by atoms with Gasteiger partial charge in [-0.05, 0) is 28.7 Å². The number of fused-ring (bicyclic) bond motifs is 1. The Morgan fingerprint density at radius 3 is 3.18 bits per heavy atom. The van der Waals surface area contributed by atoms with Gasteiger partial charge >= 0.3 is 0 Å². The highest BCUT2D eigenvalue weighted by molar-refractivity contribution is 14.1. The van der Waals surface area contributed by atoms with Gasteiger partial charge in [-0.25, -0.2) is 4.98 Å². The lowest BCUT2D eigenvalue weighted by atomic mass is 10.5. The van der Waals surface area contributed by atoms with Gasteiger partial charge in [-0.1, -0.05) is 11.6 Å². The highest BCUT2D eigenvalue weighted by Crippen LogP contribution is 2.17. The molecular weight excluding hydrogens is 274 g/mol. The van der Waals surface area contributed by atoms with Crippen LogP contribution in [0.1, 0.15) is 0 Å². The summed E-state index contributed by atoms with van der Waals surface area (Å²) in [7, 11) is 0. The fraction of sp³-hybridized carbons (Fsp3) is 0. The van der Waals surface area contributed by atoms with E-state index in [1.54, 1.807) is 6.20 Å². The lowest BCUT2D eigenvalue weighted by molar-refractivity contribution is 1.18. The molecule has 0 bridgehead atoms. The summed E-state index contributed by atoms with van der Waals surface area (Å²) in [5, 5.41) is 0.736. The van der Waals surface area contributed by atoms with Crippen molar-refractivity contribution in [3.05, 3.63) is 33.2 Å². The normalized spacial score (nSPS) is 10.7. The quantitative estimate of drug-likeness (QED) is 0.677. The first-order valence-corrected chi connectivity index (χ1v) is 4.51. The van der Waals surface area contributed by atoms with E-state index >= 15 is 0 Å². The van der Waals surface area contributed by atoms with Gasteiger partial charge in [0, 0.05) is 18.6 Å². The van der Waals surface area contributed by atoms with Crippen LogP contribution in [0, 0.1) is 3.57 Å². The zero-order valence-corrected chi connectivity index (χ0v) is 8.37. The molecule has 56 valence electrons. The molecule has 0 saturated heterocycles. The second-order valence-electron chi connectivity index (χ2n) is 2.16. The number of nitrogens with zero attached hydrogens (tertiary/aromatic N) is 2. The Morgan fingerprint density at radius 2 is 2.36 bits per heavy atom. The van der Waals surface area contributed by atoms with Crippen molar-refractivity contribution >= 4 is 39.8 Å². The van der Waals surface area contributed by atoms with E-state index < -0.39 is 0 Å². The highest BCUT2D eigenvalue weighted by atomic mass is 127. The minimum Gasteiger partial charge on any atom is -0.305 e. The number of aromatic nitrogens is 2. The molecular formula is C7H4ClIN2. The van der Waals surface area contributed by atoms with Crippen LogP contribution in [0.4, 0.5) is 0 Å². The third kappa shape index (κ3) is 1.22. The van der Waals surface area contributed by atoms with Gasteiger partial charge < -0.3 is 4.40 Å². The minimum absolute atomic E-state index is 0.736. The molecule has 11 heavy (non-hydrogen) atoms. The van der Waals surface area contributed by atoms with Crippen LogP contribution in [-0.4, -0.2) is 9.38 Å². The number of imidazole rings is 1. The van der Waals surface area contributed by atoms with Gasteiger partial charge in [0.05, 0.1) is 8.59 Å². The van der Waals surface area contributed by atoms with Crippen molar-refractivity contribution in [2.24, 2.45) is 0 Å². The molecule has 0 radical (unpaired) electrons. The van der Waals surface area contributed by atoms with Crippen molar-refractivity contribution in [1.82, 2.24) is 9.38 Å². The highest BCUT2D eigenvalue weighted by Gasteiger charge is 1.99. The van der Waals surface area contributed by atoms with Gasteiger partial charge in [-0.15, -0.1) is 0 Å². The fourth-order valence-electron chi connectivity index (χ4n) is 0.958. The Kier molecular flexibility index (Phi) is 1.77. The van der Waals surface area contributed by atoms with E-state index in [0.717, 1.165) is 14.2 Å². The van der Waals surface area contributed by atoms with Gasteiger partial charge in [-0.3, -0.25) is 0 Å². The number of hydrogen-bond donors (Lipinski definition) is 0. The van der Waals surface area contributed by atoms with Crippen LogP contribution in [0.2, 0.25) is 5.02 Å². The zero-order valence-electron chi connectivity index (χ0n) is 5.46. The Morgan fingerprint density at radius 1 is 1.55 bits per heavy atom. The van der Waals surface area contributed by atoms with Crippen molar-refractivity contribution in [1.29, 1.82) is 0 Å². The summed E-state index contributed by atoms with van der Waals surface area (Å²) in [5.41, 5.74) is 0.954. The number of pyridine rings is 1. The summed E-state index contributed by atoms with van der Waals surface area (Å²) >= 11 is 8.04. The van der Waals surface area contributed by atoms with E-state index in [1.807, 2.05) is 22.9 Å². The van der Waals surface area contributed by atoms with E-state index in [9.17, 15) is 0 Å². The summed E-state index contributed by atoms with van der Waals surface area (Å²) in [6.07, 6.45) is 5.48. The smallest absolute Gasteiger partial charge is 0.150 e. The van der Waals surface area contributed by atoms with E-state index in [1.165, 1.54) is 0 Å². The molecule has 2 aromatic rings. The van der Waals surface area contributed by atoms with Crippen molar-refractivity contribution in [3.63, 3.8) is 0 Å². The predicted octanol–water partition coefficient (Wildman–Crippen LogP) is 2.59. The third-order valence-electron chi connectivity index (χ3n) is 1.41. The zero-order chi connectivity index (χ0) is 7.84. The largest absolute Gasteiger partial charge is 0.305 e. The molecule has 0 spiro atoms. The van der Waals surface area contributed by atoms with Crippen LogP contribution in [0.5, 0.6) is 0 Å². The molecule has 2 nitrogen and oxygen atoms in total. The molecule has 0 saturated carbocycles. The van der Waals surface area contributed by atoms with Gasteiger partial charge in [-0.2, -0.15) is 0 Å². The summed E-state index contributed by atoms with van der Waals surface area (Å²) in [6, 6.07) is 1.89. The van der Waals surface area contributed by atoms with E-state index in [0.29, 0.717) is 0 Å². The SMILES string of the molecule is Clc1cc(I)c2nccn2c1. The van der Waals surface area contributed by atoms with Crippen LogP contribution < -0.4 is 0 Å². The Labute approximate surface area is 82.3 Å². The fourth-order valence-corrected chi connectivity index (χ4v) is 2.11. The molecule has 0 aliphatic heterocycles. The van der Waals surface area contributed by atoms with Crippen LogP contribution >= 0.6 is 34.2 Å². The Hall–Kier alpha value is -0.290. The Balaban J connectivity index is 2.91. The monoisotopic (exact) mass is 278 g/mol. The van der Waals surface area contributed by atoms with Crippen LogP contribution in [0.25, 0.3) is 5.65 Å². The Bertz CT molecular complexity index is 396. The molecule has 0 atom stereocenters. The molecule has 0 aromatic carbocycles. The van der Waals surface area contributed by atoms with Gasteiger partial charge in [0.2, 0.25) is 0 Å². The molecule has 0 N–H and O–H groups in total. The molecule has 2 aromatic heterocycles. The lowest BCUT2D eigenvalue weighted by Gasteiger charge is -1.96. The molecule has 4 heteroatoms. The average Bonchev–Trinajstić information content (AvgIpc) is 2.34. The first-order valence-electron chi connectivity index (χ1n) is 3.05. The minimum atomic E-state index is 0.736. The van der Waals surface area contributed by atoms with Crippen molar-refractivity contribution in [3.8, 4) is 0 Å². The number of halogens is 2. The van der Waals surface area contributed by atoms with Crippen LogP contribution in [0.3, 0.4) is 0 Å². The van der Waals surface area contributed by atoms with Gasteiger partial charge in [0.15, 0.2) is 0 Å². The third-order valence-corrected chi connectivity index (χ3v) is 2.41. The average molecular weight is 278 g/mol. The molecule has 2 rings (SSSR count). The maximum Gasteiger partial charge on any atom is 0.150 e. The van der Waals surface area contributed by atoms with Crippen LogP contribution in [-0.2, 0) is 0 Å². The van der Waals surface area contributed by atoms with Gasteiger partial charge in [0.1, 0.15) is 5.65 Å². The summed E-state index contributed by atoms with van der Waals surface area (Å²) in [4.78, 5) is 4.16. The first kappa shape index (κ1) is 7.36. The van der Waals surface area contributed by atoms with Crippen molar-refractivity contribution in [2.75, 3.05) is 0 Å². The number of rotatable bonds is 0. The van der Waals surface area contributed by atoms with E-state index in [-0.39, 0.29) is 0 Å². The molecule has 0 fully saturated rings. The molecule has 2 heterocycles. The predicted molar refractivity (Wildman–Crippen MR) is 52.9 cm³/mol. The van der Waals surface area contributed by atoms with Gasteiger partial charge in [0.25, 0.3) is 0 Å². The van der Waals surface area contributed by atoms with Crippen molar-refractivity contribution < 1.29 is 0 Å². The molecule has 0 aliphatic rings. The summed E-state index contributed by atoms with van der Waals surface area (Å²) < 4.78 is 2.98. The second-order valence-corrected chi connectivity index (χ2v) is 3.76. The molecule has 0 unspecified atom stereocenters. The van der Waals surface area contributed by atoms with Crippen molar-refractivity contribution in [2.45, 2.75) is 0 Å². The maximum atomic E-state index is 5.83. The maximum absolute atomic E-state index is 5.83. The standard InChI is InChI=1S/C7H4ClIN2/c8-5-3-6(9)7-10-1-2-11(7)4-5/h1-4H. The number of hydrogen-bond acceptors (Lipinski definition) is 1. The topological polar surface area (TPSA) is 17.3 Å². The lowest BCUT2D eigenvalue weighted by Crippen LogP contribution is -1.85. The van der Waals surface area contributed by atoms with E-state index in [4.69, 9.17) is 11.6 Å².